The monoisotopic (exact) mass is 753 g/mol. The molecule has 1 spiro atoms. The first kappa shape index (κ1) is 37.5. The van der Waals surface area contributed by atoms with Crippen molar-refractivity contribution in [3.8, 4) is 0 Å². The second-order valence-electron chi connectivity index (χ2n) is 15.3. The zero-order chi connectivity index (χ0) is 38.2. The van der Waals surface area contributed by atoms with Crippen molar-refractivity contribution in [1.82, 2.24) is 20.3 Å². The van der Waals surface area contributed by atoms with E-state index in [1.54, 1.807) is 21.8 Å². The number of anilines is 2. The van der Waals surface area contributed by atoms with Gasteiger partial charge in [-0.15, -0.1) is 5.10 Å². The molecule has 284 valence electrons. The number of amides is 2. The molecule has 4 aromatic rings. The molecule has 6 atom stereocenters. The minimum absolute atomic E-state index is 0.0280. The van der Waals surface area contributed by atoms with Gasteiger partial charge in [0.05, 0.1) is 47.4 Å². The number of nitrogens with zero attached hydrogens (tertiary/aromatic N) is 5. The molecule has 0 aliphatic carbocycles. The third kappa shape index (κ3) is 7.09. The van der Waals surface area contributed by atoms with Gasteiger partial charge in [-0.25, -0.2) is 0 Å². The average molecular weight is 754 g/mol. The van der Waals surface area contributed by atoms with Crippen LogP contribution in [0.5, 0.6) is 0 Å². The lowest BCUT2D eigenvalue weighted by molar-refractivity contribution is -0.385. The van der Waals surface area contributed by atoms with Gasteiger partial charge in [0.2, 0.25) is 5.91 Å². The van der Waals surface area contributed by atoms with Crippen LogP contribution in [0.2, 0.25) is 18.6 Å². The van der Waals surface area contributed by atoms with E-state index in [1.807, 2.05) is 74.6 Å². The van der Waals surface area contributed by atoms with Crippen LogP contribution < -0.4 is 15.5 Å². The number of rotatable bonds is 12. The van der Waals surface area contributed by atoms with Crippen LogP contribution in [0.15, 0.2) is 79.0 Å². The molecule has 1 aromatic heterocycles. The van der Waals surface area contributed by atoms with Crippen molar-refractivity contribution in [2.75, 3.05) is 29.9 Å². The number of aliphatic hydroxyl groups excluding tert-OH is 1. The fourth-order valence-corrected chi connectivity index (χ4v) is 11.3. The zero-order valence-electron chi connectivity index (χ0n) is 30.7. The van der Waals surface area contributed by atoms with Gasteiger partial charge >= 0.3 is 0 Å². The topological polar surface area (TPSA) is 185 Å². The van der Waals surface area contributed by atoms with E-state index in [0.717, 1.165) is 30.5 Å². The number of nitrogens with one attached hydrogen (secondary N) is 2. The number of carbonyl (C=O) groups is 2. The Labute approximate surface area is 314 Å². The van der Waals surface area contributed by atoms with Crippen molar-refractivity contribution in [2.24, 2.45) is 11.8 Å². The van der Waals surface area contributed by atoms with Gasteiger partial charge in [0.25, 0.3) is 11.6 Å². The molecule has 54 heavy (non-hydrogen) atoms. The quantitative estimate of drug-likeness (QED) is 0.0900. The summed E-state index contributed by atoms with van der Waals surface area (Å²) in [6.07, 6.45) is 3.42. The van der Waals surface area contributed by atoms with Crippen molar-refractivity contribution in [1.29, 1.82) is 0 Å². The Hall–Kier alpha value is -4.80. The van der Waals surface area contributed by atoms with Crippen molar-refractivity contribution in [3.63, 3.8) is 0 Å². The number of ether oxygens (including phenoxy) is 1. The number of hydrogen-bond acceptors (Lipinski definition) is 10. The molecule has 4 N–H and O–H groups in total. The second kappa shape index (κ2) is 15.1. The summed E-state index contributed by atoms with van der Waals surface area (Å²) in [4.78, 5) is 52.5. The van der Waals surface area contributed by atoms with Crippen molar-refractivity contribution in [3.05, 3.63) is 111 Å². The summed E-state index contributed by atoms with van der Waals surface area (Å²) >= 11 is 0. The molecule has 0 saturated carbocycles. The molecular weight excluding hydrogens is 707 g/mol. The summed E-state index contributed by atoms with van der Waals surface area (Å²) < 4.78 is 8.58. The number of fused-ring (bicyclic) bond motifs is 2. The number of benzene rings is 3. The Morgan fingerprint density at radius 3 is 2.59 bits per heavy atom. The van der Waals surface area contributed by atoms with E-state index < -0.39 is 36.4 Å². The Kier molecular flexibility index (Phi) is 10.5. The first-order valence-corrected chi connectivity index (χ1v) is 21.6. The summed E-state index contributed by atoms with van der Waals surface area (Å²) in [6.45, 7) is 7.55. The molecule has 2 saturated heterocycles. The predicted molar refractivity (Wildman–Crippen MR) is 204 cm³/mol. The maximum Gasteiger partial charge on any atom is 0.269 e. The number of aromatic nitrogens is 3. The molecule has 2 amide bonds. The SMILES string of the molecule is C[C@@H]1[C@@H]([Si](C)(C)O)[C@H](CCn2cc(C(CO)c3ccccc3)nn2)O[C@@]12C(=O)N(Cc1ccc(NC(=O)C3CCCNC3)cc1)c1ccc([N+](=O)[O-])cc12. The highest BCUT2D eigenvalue weighted by Gasteiger charge is 2.66. The molecule has 3 aliphatic heterocycles. The molecule has 2 unspecified atom stereocenters. The van der Waals surface area contributed by atoms with Crippen molar-refractivity contribution in [2.45, 2.75) is 75.5 Å². The van der Waals surface area contributed by atoms with Crippen LogP contribution in [0.1, 0.15) is 54.5 Å². The van der Waals surface area contributed by atoms with E-state index in [1.165, 1.54) is 12.1 Å². The summed E-state index contributed by atoms with van der Waals surface area (Å²) in [5.41, 5.74) is 1.83. The maximum absolute atomic E-state index is 14.9. The Balaban J connectivity index is 1.14. The molecule has 2 fully saturated rings. The number of aryl methyl sites for hydroxylation is 1. The smallest absolute Gasteiger partial charge is 0.269 e. The molecule has 3 aliphatic rings. The molecule has 0 bridgehead atoms. The fraction of sp³-hybridized carbons (Fsp3) is 0.436. The Bertz CT molecular complexity index is 2000. The lowest BCUT2D eigenvalue weighted by Gasteiger charge is -2.32. The predicted octanol–water partition coefficient (Wildman–Crippen LogP) is 4.68. The normalized spacial score (nSPS) is 24.5. The molecule has 15 heteroatoms. The van der Waals surface area contributed by atoms with E-state index in [-0.39, 0.29) is 42.5 Å². The van der Waals surface area contributed by atoms with Gasteiger partial charge in [0.1, 0.15) is 0 Å². The fourth-order valence-electron chi connectivity index (χ4n) is 8.70. The number of nitro groups is 1. The van der Waals surface area contributed by atoms with Crippen molar-refractivity contribution < 1.29 is 29.2 Å². The van der Waals surface area contributed by atoms with E-state index in [2.05, 4.69) is 20.9 Å². The highest BCUT2D eigenvalue weighted by atomic mass is 28.4. The number of nitro benzene ring substituents is 1. The number of piperidine rings is 1. The van der Waals surface area contributed by atoms with Gasteiger partial charge < -0.3 is 30.2 Å². The van der Waals surface area contributed by atoms with Crippen molar-refractivity contribution >= 4 is 37.2 Å². The van der Waals surface area contributed by atoms with Gasteiger partial charge in [0, 0.05) is 54.1 Å². The molecule has 7 rings (SSSR count). The number of non-ortho nitro benzene ring substituents is 1. The molecule has 3 aromatic carbocycles. The van der Waals surface area contributed by atoms with Gasteiger partial charge in [0.15, 0.2) is 13.9 Å². The van der Waals surface area contributed by atoms with Crippen LogP contribution in [-0.2, 0) is 33.0 Å². The highest BCUT2D eigenvalue weighted by molar-refractivity contribution is 6.71. The minimum atomic E-state index is -3.01. The van der Waals surface area contributed by atoms with E-state index in [4.69, 9.17) is 4.74 Å². The Morgan fingerprint density at radius 2 is 1.93 bits per heavy atom. The summed E-state index contributed by atoms with van der Waals surface area (Å²) in [6, 6.07) is 21.4. The zero-order valence-corrected chi connectivity index (χ0v) is 31.7. The van der Waals surface area contributed by atoms with Gasteiger partial charge in [-0.1, -0.05) is 54.6 Å². The Morgan fingerprint density at radius 1 is 1.17 bits per heavy atom. The summed E-state index contributed by atoms with van der Waals surface area (Å²) in [7, 11) is -3.01. The molecular formula is C39H47N7O7Si. The van der Waals surface area contributed by atoms with E-state index in [0.29, 0.717) is 42.1 Å². The standard InChI is InChI=1S/C39H47N7O7Si/c1-25-36(54(2,3)52)35(17-19-44-23-33(42-43-44)31(24-47)27-8-5-4-6-9-27)53-39(25)32-20-30(46(50)51)15-16-34(32)45(38(39)49)22-26-11-13-29(14-12-26)41-37(48)28-10-7-18-40-21-28/h4-6,8-9,11-16,20,23,25,28,31,35-36,40,47,52H,7,10,17-19,21-22,24H2,1-3H3,(H,41,48)/t25-,28?,31?,35+,36-,39+/m1/s1. The van der Waals surface area contributed by atoms with Crippen LogP contribution in [0.4, 0.5) is 17.1 Å². The van der Waals surface area contributed by atoms with Crippen LogP contribution in [0.3, 0.4) is 0 Å². The first-order valence-electron chi connectivity index (χ1n) is 18.6. The molecule has 14 nitrogen and oxygen atoms in total. The lowest BCUT2D eigenvalue weighted by atomic mass is 9.82. The van der Waals surface area contributed by atoms with E-state index in [9.17, 15) is 29.6 Å². The van der Waals surface area contributed by atoms with Crippen LogP contribution in [0.25, 0.3) is 0 Å². The maximum atomic E-state index is 14.9. The number of carbonyl (C=O) groups excluding carboxylic acids is 2. The van der Waals surface area contributed by atoms with E-state index >= 15 is 0 Å². The van der Waals surface area contributed by atoms with Crippen LogP contribution in [0, 0.1) is 22.0 Å². The van der Waals surface area contributed by atoms with Gasteiger partial charge in [-0.3, -0.25) is 24.4 Å². The third-order valence-electron chi connectivity index (χ3n) is 11.3. The van der Waals surface area contributed by atoms with Gasteiger partial charge in [-0.2, -0.15) is 0 Å². The lowest BCUT2D eigenvalue weighted by Crippen LogP contribution is -2.46. The molecule has 4 heterocycles. The number of aliphatic hydroxyl groups is 1. The number of hydrogen-bond donors (Lipinski definition) is 4. The third-order valence-corrected chi connectivity index (χ3v) is 13.9. The molecule has 0 radical (unpaired) electrons. The van der Waals surface area contributed by atoms with Crippen LogP contribution in [-0.4, -0.2) is 75.8 Å². The highest BCUT2D eigenvalue weighted by Crippen LogP contribution is 2.60. The second-order valence-corrected chi connectivity index (χ2v) is 19.3. The van der Waals surface area contributed by atoms with Gasteiger partial charge in [-0.05, 0) is 68.2 Å². The largest absolute Gasteiger partial charge is 0.432 e. The average Bonchev–Trinajstić information content (AvgIpc) is 3.82. The minimum Gasteiger partial charge on any atom is -0.432 e. The summed E-state index contributed by atoms with van der Waals surface area (Å²) in [5, 5.41) is 37.1. The van der Waals surface area contributed by atoms with Crippen LogP contribution >= 0.6 is 0 Å². The summed E-state index contributed by atoms with van der Waals surface area (Å²) in [5.74, 6) is -1.30. The first-order chi connectivity index (χ1) is 25.9.